The summed E-state index contributed by atoms with van der Waals surface area (Å²) < 4.78 is 6.16. The highest BCUT2D eigenvalue weighted by molar-refractivity contribution is 9.10. The van der Waals surface area contributed by atoms with Crippen LogP contribution in [0.25, 0.3) is 0 Å². The fraction of sp³-hybridized carbons (Fsp3) is 0. The molecular weight excluding hydrogens is 338 g/mol. The third-order valence-electron chi connectivity index (χ3n) is 2.13. The van der Waals surface area contributed by atoms with E-state index >= 15 is 0 Å². The van der Waals surface area contributed by atoms with E-state index < -0.39 is 0 Å². The largest absolute Gasteiger partial charge is 0.457 e. The number of carbonyl (C=O) groups is 1. The van der Waals surface area contributed by atoms with Crippen molar-refractivity contribution in [2.45, 2.75) is 0 Å². The van der Waals surface area contributed by atoms with Crippen molar-refractivity contribution < 1.29 is 9.21 Å². The summed E-state index contributed by atoms with van der Waals surface area (Å²) in [6, 6.07) is 6.68. The zero-order valence-electron chi connectivity index (χ0n) is 8.04. The van der Waals surface area contributed by atoms with Gasteiger partial charge in [0.2, 0.25) is 0 Å². The number of rotatable bonds is 2. The second-order valence-corrected chi connectivity index (χ2v) is 4.75. The molecule has 0 radical (unpaired) electrons. The molecular formula is C11H7Br2NO2. The Morgan fingerprint density at radius 2 is 2.00 bits per heavy atom. The summed E-state index contributed by atoms with van der Waals surface area (Å²) in [6.07, 6.45) is 1.46. The summed E-state index contributed by atoms with van der Waals surface area (Å²) in [7, 11) is 0. The normalized spacial score (nSPS) is 10.4. The number of ketones is 1. The molecule has 2 aromatic rings. The Morgan fingerprint density at radius 1 is 1.25 bits per heavy atom. The smallest absolute Gasteiger partial charge is 0.197 e. The van der Waals surface area contributed by atoms with Gasteiger partial charge in [0.15, 0.2) is 10.5 Å². The fourth-order valence-corrected chi connectivity index (χ4v) is 2.08. The molecule has 0 aliphatic heterocycles. The molecule has 0 spiro atoms. The van der Waals surface area contributed by atoms with Crippen LogP contribution in [0.15, 0.2) is 44.1 Å². The summed E-state index contributed by atoms with van der Waals surface area (Å²) in [5.74, 6) is -0.110. The Morgan fingerprint density at radius 3 is 2.56 bits per heavy atom. The third kappa shape index (κ3) is 2.05. The number of hydrogen-bond donors (Lipinski definition) is 1. The number of benzene rings is 1. The van der Waals surface area contributed by atoms with Crippen LogP contribution in [0.4, 0.5) is 5.69 Å². The number of furan rings is 1. The van der Waals surface area contributed by atoms with Crippen molar-refractivity contribution >= 4 is 43.3 Å². The monoisotopic (exact) mass is 343 g/mol. The lowest BCUT2D eigenvalue weighted by atomic mass is 10.1. The molecule has 0 aliphatic rings. The molecule has 0 amide bonds. The van der Waals surface area contributed by atoms with Crippen LogP contribution in [-0.2, 0) is 0 Å². The highest BCUT2D eigenvalue weighted by atomic mass is 79.9. The first-order valence-electron chi connectivity index (χ1n) is 4.42. The number of nitrogen functional groups attached to an aromatic ring is 1. The number of hydrogen-bond acceptors (Lipinski definition) is 3. The molecule has 16 heavy (non-hydrogen) atoms. The summed E-state index contributed by atoms with van der Waals surface area (Å²) in [5, 5.41) is 0. The van der Waals surface area contributed by atoms with E-state index in [0.29, 0.717) is 26.0 Å². The minimum absolute atomic E-state index is 0.110. The second kappa shape index (κ2) is 4.43. The molecule has 1 heterocycles. The van der Waals surface area contributed by atoms with Gasteiger partial charge in [-0.05, 0) is 56.1 Å². The van der Waals surface area contributed by atoms with E-state index in [0.717, 1.165) is 0 Å². The molecule has 2 rings (SSSR count). The van der Waals surface area contributed by atoms with Crippen molar-refractivity contribution in [2.75, 3.05) is 5.73 Å². The van der Waals surface area contributed by atoms with E-state index in [1.54, 1.807) is 24.3 Å². The van der Waals surface area contributed by atoms with Crippen molar-refractivity contribution in [3.8, 4) is 0 Å². The van der Waals surface area contributed by atoms with Crippen LogP contribution in [-0.4, -0.2) is 5.78 Å². The Bertz CT molecular complexity index is 549. The van der Waals surface area contributed by atoms with Crippen molar-refractivity contribution in [1.29, 1.82) is 0 Å². The molecule has 0 unspecified atom stereocenters. The maximum atomic E-state index is 12.0. The topological polar surface area (TPSA) is 56.2 Å². The zero-order chi connectivity index (χ0) is 11.7. The predicted molar refractivity (Wildman–Crippen MR) is 68.4 cm³/mol. The van der Waals surface area contributed by atoms with Gasteiger partial charge in [0.05, 0.1) is 11.8 Å². The van der Waals surface area contributed by atoms with Gasteiger partial charge in [-0.15, -0.1) is 0 Å². The van der Waals surface area contributed by atoms with Crippen LogP contribution in [0.5, 0.6) is 0 Å². The molecule has 0 aliphatic carbocycles. The van der Waals surface area contributed by atoms with Crippen LogP contribution in [0.3, 0.4) is 0 Å². The number of carbonyl (C=O) groups excluding carboxylic acids is 1. The summed E-state index contributed by atoms with van der Waals surface area (Å²) in [5.41, 5.74) is 7.31. The lowest BCUT2D eigenvalue weighted by Gasteiger charge is -2.02. The summed E-state index contributed by atoms with van der Waals surface area (Å²) in [6.45, 7) is 0. The van der Waals surface area contributed by atoms with E-state index in [2.05, 4.69) is 31.9 Å². The van der Waals surface area contributed by atoms with Gasteiger partial charge in [-0.3, -0.25) is 4.79 Å². The van der Waals surface area contributed by atoms with Gasteiger partial charge in [0, 0.05) is 15.7 Å². The fourth-order valence-electron chi connectivity index (χ4n) is 1.28. The van der Waals surface area contributed by atoms with E-state index in [9.17, 15) is 4.79 Å². The highest BCUT2D eigenvalue weighted by Gasteiger charge is 2.15. The highest BCUT2D eigenvalue weighted by Crippen LogP contribution is 2.25. The Hall–Kier alpha value is -1.07. The first-order chi connectivity index (χ1) is 7.59. The first kappa shape index (κ1) is 11.4. The summed E-state index contributed by atoms with van der Waals surface area (Å²) >= 11 is 6.46. The van der Waals surface area contributed by atoms with Gasteiger partial charge in [-0.25, -0.2) is 0 Å². The Balaban J connectivity index is 2.42. The molecule has 3 nitrogen and oxygen atoms in total. The number of halogens is 2. The Kier molecular flexibility index (Phi) is 3.16. The summed E-state index contributed by atoms with van der Waals surface area (Å²) in [4.78, 5) is 12.0. The van der Waals surface area contributed by atoms with E-state index in [1.807, 2.05) is 0 Å². The Labute approximate surface area is 109 Å². The molecule has 5 heteroatoms. The zero-order valence-corrected chi connectivity index (χ0v) is 11.2. The van der Waals surface area contributed by atoms with E-state index in [1.165, 1.54) is 6.26 Å². The van der Waals surface area contributed by atoms with Crippen LogP contribution in [0.1, 0.15) is 15.9 Å². The maximum Gasteiger partial charge on any atom is 0.197 e. The van der Waals surface area contributed by atoms with Crippen molar-refractivity contribution in [1.82, 2.24) is 0 Å². The van der Waals surface area contributed by atoms with Crippen molar-refractivity contribution in [2.24, 2.45) is 0 Å². The molecule has 0 atom stereocenters. The lowest BCUT2D eigenvalue weighted by Crippen LogP contribution is -2.01. The quantitative estimate of drug-likeness (QED) is 0.668. The molecule has 82 valence electrons. The lowest BCUT2D eigenvalue weighted by molar-refractivity contribution is 0.103. The SMILES string of the molecule is Nc1ccc(C(=O)c2ccoc2Br)cc1Br. The van der Waals surface area contributed by atoms with Gasteiger partial charge in [0.1, 0.15) is 0 Å². The predicted octanol–water partition coefficient (Wildman–Crippen LogP) is 3.62. The van der Waals surface area contributed by atoms with Gasteiger partial charge < -0.3 is 10.2 Å². The molecule has 1 aromatic carbocycles. The van der Waals surface area contributed by atoms with Crippen molar-refractivity contribution in [3.63, 3.8) is 0 Å². The van der Waals surface area contributed by atoms with Gasteiger partial charge in [-0.2, -0.15) is 0 Å². The van der Waals surface area contributed by atoms with E-state index in [4.69, 9.17) is 10.2 Å². The molecule has 0 fully saturated rings. The van der Waals surface area contributed by atoms with Gasteiger partial charge in [0.25, 0.3) is 0 Å². The van der Waals surface area contributed by atoms with Gasteiger partial charge >= 0.3 is 0 Å². The molecule has 2 N–H and O–H groups in total. The molecule has 0 saturated carbocycles. The third-order valence-corrected chi connectivity index (χ3v) is 3.43. The average molecular weight is 345 g/mol. The van der Waals surface area contributed by atoms with Crippen LogP contribution >= 0.6 is 31.9 Å². The standard InChI is InChI=1S/C11H7Br2NO2/c12-8-5-6(1-2-9(8)14)10(15)7-3-4-16-11(7)13/h1-5H,14H2. The minimum atomic E-state index is -0.110. The minimum Gasteiger partial charge on any atom is -0.457 e. The van der Waals surface area contributed by atoms with Crippen LogP contribution < -0.4 is 5.73 Å². The average Bonchev–Trinajstić information content (AvgIpc) is 2.67. The molecule has 0 bridgehead atoms. The number of anilines is 1. The second-order valence-electron chi connectivity index (χ2n) is 3.17. The molecule has 1 aromatic heterocycles. The van der Waals surface area contributed by atoms with E-state index in [-0.39, 0.29) is 5.78 Å². The molecule has 0 saturated heterocycles. The van der Waals surface area contributed by atoms with Crippen molar-refractivity contribution in [3.05, 3.63) is 50.8 Å². The van der Waals surface area contributed by atoms with Gasteiger partial charge in [-0.1, -0.05) is 0 Å². The number of nitrogens with two attached hydrogens (primary N) is 1. The van der Waals surface area contributed by atoms with Crippen LogP contribution in [0.2, 0.25) is 0 Å². The maximum absolute atomic E-state index is 12.0. The first-order valence-corrected chi connectivity index (χ1v) is 6.01. The van der Waals surface area contributed by atoms with Crippen LogP contribution in [0, 0.1) is 0 Å².